The number of nitrogens with zero attached hydrogens (tertiary/aromatic N) is 2. The molecule has 0 spiro atoms. The monoisotopic (exact) mass is 341 g/mol. The first-order valence-electron chi connectivity index (χ1n) is 7.27. The van der Waals surface area contributed by atoms with Crippen molar-refractivity contribution >= 4 is 28.2 Å². The molecule has 126 valence electrons. The largest absolute Gasteiger partial charge is 0.325 e. The number of anilines is 1. The second kappa shape index (κ2) is 6.52. The van der Waals surface area contributed by atoms with E-state index < -0.39 is 22.2 Å². The predicted molar refractivity (Wildman–Crippen MR) is 89.9 cm³/mol. The van der Waals surface area contributed by atoms with Crippen LogP contribution >= 0.6 is 0 Å². The standard InChI is InChI=1S/C17H12FN3O4/c18-12-2-4-13(5-3-12)19-16(22)10-20-15-7-6-14(21(24)25)9-11(15)1-8-17(20)23/h1-9H,10H2,(H,19,22). The fourth-order valence-electron chi connectivity index (χ4n) is 2.44. The zero-order valence-corrected chi connectivity index (χ0v) is 12.8. The highest BCUT2D eigenvalue weighted by Crippen LogP contribution is 2.19. The highest BCUT2D eigenvalue weighted by Gasteiger charge is 2.12. The Bertz CT molecular complexity index is 1030. The lowest BCUT2D eigenvalue weighted by Gasteiger charge is -2.10. The third-order valence-electron chi connectivity index (χ3n) is 3.61. The Labute approximate surface area is 140 Å². The molecule has 0 aliphatic carbocycles. The number of benzene rings is 2. The Morgan fingerprint density at radius 2 is 1.84 bits per heavy atom. The van der Waals surface area contributed by atoms with Gasteiger partial charge >= 0.3 is 0 Å². The van der Waals surface area contributed by atoms with Crippen LogP contribution in [0, 0.1) is 15.9 Å². The van der Waals surface area contributed by atoms with Gasteiger partial charge in [0, 0.05) is 29.3 Å². The minimum Gasteiger partial charge on any atom is -0.325 e. The molecule has 0 atom stereocenters. The van der Waals surface area contributed by atoms with Gasteiger partial charge in [0.2, 0.25) is 5.91 Å². The topological polar surface area (TPSA) is 94.2 Å². The molecule has 0 saturated heterocycles. The number of halogens is 1. The predicted octanol–water partition coefficient (Wildman–Crippen LogP) is 2.69. The molecule has 0 fully saturated rings. The molecule has 1 heterocycles. The summed E-state index contributed by atoms with van der Waals surface area (Å²) in [6.07, 6.45) is 0. The maximum Gasteiger partial charge on any atom is 0.270 e. The van der Waals surface area contributed by atoms with Gasteiger partial charge in [0.15, 0.2) is 0 Å². The average Bonchev–Trinajstić information content (AvgIpc) is 2.59. The Balaban J connectivity index is 1.90. The van der Waals surface area contributed by atoms with E-state index in [-0.39, 0.29) is 12.2 Å². The van der Waals surface area contributed by atoms with Crippen molar-refractivity contribution in [2.75, 3.05) is 5.32 Å². The van der Waals surface area contributed by atoms with Gasteiger partial charge in [-0.05, 0) is 36.4 Å². The van der Waals surface area contributed by atoms with Crippen LogP contribution in [0.2, 0.25) is 0 Å². The number of fused-ring (bicyclic) bond motifs is 1. The zero-order chi connectivity index (χ0) is 18.0. The van der Waals surface area contributed by atoms with Crippen LogP contribution in [0.15, 0.2) is 59.4 Å². The van der Waals surface area contributed by atoms with Gasteiger partial charge in [0.25, 0.3) is 11.2 Å². The van der Waals surface area contributed by atoms with Crippen molar-refractivity contribution in [3.63, 3.8) is 0 Å². The SMILES string of the molecule is O=C(Cn1c(=O)ccc2cc([N+](=O)[O-])ccc21)Nc1ccc(F)cc1. The molecule has 1 N–H and O–H groups in total. The van der Waals surface area contributed by atoms with Crippen molar-refractivity contribution < 1.29 is 14.1 Å². The molecule has 3 aromatic rings. The molecular weight excluding hydrogens is 329 g/mol. The van der Waals surface area contributed by atoms with Crippen LogP contribution < -0.4 is 10.9 Å². The number of nitro groups is 1. The number of pyridine rings is 1. The molecule has 3 rings (SSSR count). The zero-order valence-electron chi connectivity index (χ0n) is 12.8. The van der Waals surface area contributed by atoms with E-state index in [1.807, 2.05) is 0 Å². The first-order chi connectivity index (χ1) is 11.9. The normalized spacial score (nSPS) is 10.6. The highest BCUT2D eigenvalue weighted by atomic mass is 19.1. The number of non-ortho nitro benzene ring substituents is 1. The number of hydrogen-bond acceptors (Lipinski definition) is 4. The maximum atomic E-state index is 12.9. The highest BCUT2D eigenvalue weighted by molar-refractivity contribution is 5.92. The third kappa shape index (κ3) is 3.52. The van der Waals surface area contributed by atoms with E-state index in [0.717, 1.165) is 0 Å². The number of hydrogen-bond donors (Lipinski definition) is 1. The molecule has 2 aromatic carbocycles. The van der Waals surface area contributed by atoms with Gasteiger partial charge in [-0.2, -0.15) is 0 Å². The Kier molecular flexibility index (Phi) is 4.25. The van der Waals surface area contributed by atoms with Gasteiger partial charge in [-0.15, -0.1) is 0 Å². The molecule has 0 radical (unpaired) electrons. The van der Waals surface area contributed by atoms with Crippen molar-refractivity contribution in [2.24, 2.45) is 0 Å². The van der Waals surface area contributed by atoms with Crippen molar-refractivity contribution in [1.29, 1.82) is 0 Å². The van der Waals surface area contributed by atoms with E-state index in [4.69, 9.17) is 0 Å². The van der Waals surface area contributed by atoms with Crippen LogP contribution in [0.1, 0.15) is 0 Å². The summed E-state index contributed by atoms with van der Waals surface area (Å²) in [5.41, 5.74) is 0.298. The summed E-state index contributed by atoms with van der Waals surface area (Å²) in [5.74, 6) is -0.899. The lowest BCUT2D eigenvalue weighted by molar-refractivity contribution is -0.384. The van der Waals surface area contributed by atoms with Crippen LogP contribution in [0.4, 0.5) is 15.8 Å². The summed E-state index contributed by atoms with van der Waals surface area (Å²) >= 11 is 0. The van der Waals surface area contributed by atoms with E-state index >= 15 is 0 Å². The van der Waals surface area contributed by atoms with E-state index in [1.165, 1.54) is 59.2 Å². The van der Waals surface area contributed by atoms with Gasteiger partial charge in [-0.25, -0.2) is 4.39 Å². The number of nitro benzene ring substituents is 1. The first kappa shape index (κ1) is 16.3. The molecule has 1 amide bonds. The number of carbonyl (C=O) groups excluding carboxylic acids is 1. The maximum absolute atomic E-state index is 12.9. The Hall–Kier alpha value is -3.55. The Morgan fingerprint density at radius 1 is 1.12 bits per heavy atom. The van der Waals surface area contributed by atoms with Gasteiger partial charge in [-0.1, -0.05) is 0 Å². The average molecular weight is 341 g/mol. The first-order valence-corrected chi connectivity index (χ1v) is 7.27. The molecule has 7 nitrogen and oxygen atoms in total. The molecular formula is C17H12FN3O4. The molecule has 0 saturated carbocycles. The summed E-state index contributed by atoms with van der Waals surface area (Å²) in [6, 6.07) is 12.0. The van der Waals surface area contributed by atoms with Crippen LogP contribution in [-0.2, 0) is 11.3 Å². The summed E-state index contributed by atoms with van der Waals surface area (Å²) in [6.45, 7) is -0.272. The number of carbonyl (C=O) groups is 1. The lowest BCUT2D eigenvalue weighted by Crippen LogP contribution is -2.27. The lowest BCUT2D eigenvalue weighted by atomic mass is 10.2. The second-order valence-electron chi connectivity index (χ2n) is 5.31. The number of amides is 1. The molecule has 0 bridgehead atoms. The molecule has 0 aliphatic heterocycles. The number of rotatable bonds is 4. The summed E-state index contributed by atoms with van der Waals surface area (Å²) in [5, 5.41) is 13.9. The summed E-state index contributed by atoms with van der Waals surface area (Å²) in [7, 11) is 0. The van der Waals surface area contributed by atoms with Crippen molar-refractivity contribution in [1.82, 2.24) is 4.57 Å². The van der Waals surface area contributed by atoms with Gasteiger partial charge in [0.1, 0.15) is 12.4 Å². The van der Waals surface area contributed by atoms with Gasteiger partial charge in [0.05, 0.1) is 10.4 Å². The second-order valence-corrected chi connectivity index (χ2v) is 5.31. The molecule has 8 heteroatoms. The van der Waals surface area contributed by atoms with Gasteiger partial charge in [-0.3, -0.25) is 24.3 Å². The Morgan fingerprint density at radius 3 is 2.52 bits per heavy atom. The van der Waals surface area contributed by atoms with Crippen molar-refractivity contribution in [3.8, 4) is 0 Å². The number of aromatic nitrogens is 1. The van der Waals surface area contributed by atoms with Crippen LogP contribution in [0.5, 0.6) is 0 Å². The molecule has 0 unspecified atom stereocenters. The van der Waals surface area contributed by atoms with Crippen LogP contribution in [0.25, 0.3) is 10.9 Å². The fraction of sp³-hybridized carbons (Fsp3) is 0.0588. The summed E-state index contributed by atoms with van der Waals surface area (Å²) < 4.78 is 14.1. The minimum absolute atomic E-state index is 0.103. The van der Waals surface area contributed by atoms with E-state index in [0.29, 0.717) is 16.6 Å². The fourth-order valence-corrected chi connectivity index (χ4v) is 2.44. The van der Waals surface area contributed by atoms with Crippen molar-refractivity contribution in [2.45, 2.75) is 6.54 Å². The minimum atomic E-state index is -0.532. The van der Waals surface area contributed by atoms with E-state index in [1.54, 1.807) is 0 Å². The van der Waals surface area contributed by atoms with E-state index in [9.17, 15) is 24.1 Å². The molecule has 1 aromatic heterocycles. The number of nitrogens with one attached hydrogen (secondary N) is 1. The molecule has 25 heavy (non-hydrogen) atoms. The van der Waals surface area contributed by atoms with E-state index in [2.05, 4.69) is 5.32 Å². The quantitative estimate of drug-likeness (QED) is 0.583. The summed E-state index contributed by atoms with van der Waals surface area (Å²) in [4.78, 5) is 34.6. The van der Waals surface area contributed by atoms with Crippen LogP contribution in [0.3, 0.4) is 0 Å². The van der Waals surface area contributed by atoms with Gasteiger partial charge < -0.3 is 5.32 Å². The third-order valence-corrected chi connectivity index (χ3v) is 3.61. The van der Waals surface area contributed by atoms with Crippen molar-refractivity contribution in [3.05, 3.63) is 80.9 Å². The van der Waals surface area contributed by atoms with Crippen LogP contribution in [-0.4, -0.2) is 15.4 Å². The molecule has 0 aliphatic rings. The smallest absolute Gasteiger partial charge is 0.270 e.